The summed E-state index contributed by atoms with van der Waals surface area (Å²) in [5.41, 5.74) is 1.78. The van der Waals surface area contributed by atoms with Gasteiger partial charge in [0.15, 0.2) is 0 Å². The van der Waals surface area contributed by atoms with Crippen molar-refractivity contribution in [3.63, 3.8) is 0 Å². The highest BCUT2D eigenvalue weighted by Gasteiger charge is 2.13. The number of hydrogen-bond acceptors (Lipinski definition) is 3. The SMILES string of the molecule is O=C(Nc1ccc(CN2CCSCC2)cc1)c1cc(Cl)ccc1F. The first-order valence-corrected chi connectivity index (χ1v) is 9.30. The fraction of sp³-hybridized carbons (Fsp3) is 0.278. The number of carbonyl (C=O) groups is 1. The Kier molecular flexibility index (Phi) is 5.76. The number of hydrogen-bond donors (Lipinski definition) is 1. The summed E-state index contributed by atoms with van der Waals surface area (Å²) >= 11 is 7.81. The summed E-state index contributed by atoms with van der Waals surface area (Å²) in [6, 6.07) is 11.6. The zero-order valence-corrected chi connectivity index (χ0v) is 14.7. The number of amides is 1. The third kappa shape index (κ3) is 4.50. The topological polar surface area (TPSA) is 32.3 Å². The molecule has 1 heterocycles. The first kappa shape index (κ1) is 17.3. The Morgan fingerprint density at radius 1 is 1.17 bits per heavy atom. The molecule has 126 valence electrons. The summed E-state index contributed by atoms with van der Waals surface area (Å²) in [5, 5.41) is 3.03. The van der Waals surface area contributed by atoms with Crippen LogP contribution in [0.2, 0.25) is 5.02 Å². The molecule has 3 nitrogen and oxygen atoms in total. The van der Waals surface area contributed by atoms with Crippen LogP contribution in [-0.4, -0.2) is 35.4 Å². The first-order chi connectivity index (χ1) is 11.6. The van der Waals surface area contributed by atoms with Crippen LogP contribution in [0.5, 0.6) is 0 Å². The van der Waals surface area contributed by atoms with Crippen LogP contribution in [0.15, 0.2) is 42.5 Å². The van der Waals surface area contributed by atoms with Gasteiger partial charge in [-0.1, -0.05) is 23.7 Å². The van der Waals surface area contributed by atoms with Gasteiger partial charge in [0.1, 0.15) is 5.82 Å². The maximum atomic E-state index is 13.7. The zero-order valence-electron chi connectivity index (χ0n) is 13.1. The lowest BCUT2D eigenvalue weighted by Crippen LogP contribution is -2.31. The molecule has 1 N–H and O–H groups in total. The molecule has 1 saturated heterocycles. The molecule has 2 aromatic rings. The maximum absolute atomic E-state index is 13.7. The van der Waals surface area contributed by atoms with Crippen molar-refractivity contribution in [1.29, 1.82) is 0 Å². The second kappa shape index (κ2) is 8.01. The largest absolute Gasteiger partial charge is 0.322 e. The molecule has 0 unspecified atom stereocenters. The lowest BCUT2D eigenvalue weighted by Gasteiger charge is -2.26. The van der Waals surface area contributed by atoms with Crippen LogP contribution in [0.4, 0.5) is 10.1 Å². The number of nitrogens with one attached hydrogen (secondary N) is 1. The molecule has 0 radical (unpaired) electrons. The average Bonchev–Trinajstić information content (AvgIpc) is 2.59. The molecule has 6 heteroatoms. The van der Waals surface area contributed by atoms with E-state index in [9.17, 15) is 9.18 Å². The Morgan fingerprint density at radius 2 is 1.88 bits per heavy atom. The summed E-state index contributed by atoms with van der Waals surface area (Å²) in [5.74, 6) is 1.27. The van der Waals surface area contributed by atoms with Crippen LogP contribution in [0, 0.1) is 5.82 Å². The average molecular weight is 365 g/mol. The Morgan fingerprint density at radius 3 is 2.58 bits per heavy atom. The van der Waals surface area contributed by atoms with Gasteiger partial charge in [-0.05, 0) is 35.9 Å². The predicted octanol–water partition coefficient (Wildman–Crippen LogP) is 4.28. The van der Waals surface area contributed by atoms with E-state index < -0.39 is 11.7 Å². The molecule has 0 aromatic heterocycles. The van der Waals surface area contributed by atoms with Crippen LogP contribution >= 0.6 is 23.4 Å². The molecule has 0 aliphatic carbocycles. The summed E-state index contributed by atoms with van der Waals surface area (Å²) in [6.07, 6.45) is 0. The monoisotopic (exact) mass is 364 g/mol. The van der Waals surface area contributed by atoms with Crippen molar-refractivity contribution in [3.8, 4) is 0 Å². The van der Waals surface area contributed by atoms with Crippen molar-refractivity contribution in [2.75, 3.05) is 29.9 Å². The van der Waals surface area contributed by atoms with Crippen molar-refractivity contribution in [2.45, 2.75) is 6.54 Å². The minimum atomic E-state index is -0.587. The Balaban J connectivity index is 1.63. The predicted molar refractivity (Wildman–Crippen MR) is 98.4 cm³/mol. The number of rotatable bonds is 4. The van der Waals surface area contributed by atoms with Gasteiger partial charge in [-0.25, -0.2) is 4.39 Å². The van der Waals surface area contributed by atoms with Crippen LogP contribution < -0.4 is 5.32 Å². The third-order valence-electron chi connectivity index (χ3n) is 3.89. The van der Waals surface area contributed by atoms with E-state index in [1.165, 1.54) is 35.3 Å². The molecule has 0 bridgehead atoms. The number of halogens is 2. The molecule has 24 heavy (non-hydrogen) atoms. The first-order valence-electron chi connectivity index (χ1n) is 7.77. The van der Waals surface area contributed by atoms with Gasteiger partial charge in [0.05, 0.1) is 5.56 Å². The minimum absolute atomic E-state index is 0.0580. The molecule has 3 rings (SSSR count). The van der Waals surface area contributed by atoms with Gasteiger partial charge in [-0.2, -0.15) is 11.8 Å². The normalized spacial score (nSPS) is 15.2. The van der Waals surface area contributed by atoms with Gasteiger partial charge < -0.3 is 5.32 Å². The summed E-state index contributed by atoms with van der Waals surface area (Å²) < 4.78 is 13.7. The van der Waals surface area contributed by atoms with Crippen molar-refractivity contribution in [2.24, 2.45) is 0 Å². The molecular formula is C18H18ClFN2OS. The number of benzene rings is 2. The molecule has 0 spiro atoms. The van der Waals surface area contributed by atoms with Gasteiger partial charge >= 0.3 is 0 Å². The van der Waals surface area contributed by atoms with Crippen molar-refractivity contribution in [1.82, 2.24) is 4.90 Å². The van der Waals surface area contributed by atoms with E-state index >= 15 is 0 Å². The molecule has 0 saturated carbocycles. The standard InChI is InChI=1S/C18H18ClFN2OS/c19-14-3-6-17(20)16(11-14)18(23)21-15-4-1-13(2-5-15)12-22-7-9-24-10-8-22/h1-6,11H,7-10,12H2,(H,21,23). The van der Waals surface area contributed by atoms with Gasteiger partial charge in [-0.3, -0.25) is 9.69 Å². The Bertz CT molecular complexity index is 717. The number of carbonyl (C=O) groups excluding carboxylic acids is 1. The fourth-order valence-corrected chi connectivity index (χ4v) is 3.73. The minimum Gasteiger partial charge on any atom is -0.322 e. The number of nitrogens with zero attached hydrogens (tertiary/aromatic N) is 1. The highest BCUT2D eigenvalue weighted by Crippen LogP contribution is 2.18. The molecule has 1 fully saturated rings. The van der Waals surface area contributed by atoms with Gasteiger partial charge in [0, 0.05) is 41.8 Å². The third-order valence-corrected chi connectivity index (χ3v) is 5.07. The number of anilines is 1. The summed E-state index contributed by atoms with van der Waals surface area (Å²) in [4.78, 5) is 14.6. The van der Waals surface area contributed by atoms with E-state index in [2.05, 4.69) is 10.2 Å². The van der Waals surface area contributed by atoms with Gasteiger partial charge in [0.2, 0.25) is 0 Å². The quantitative estimate of drug-likeness (QED) is 0.878. The summed E-state index contributed by atoms with van der Waals surface area (Å²) in [7, 11) is 0. The molecule has 0 atom stereocenters. The van der Waals surface area contributed by atoms with E-state index in [1.54, 1.807) is 0 Å². The van der Waals surface area contributed by atoms with E-state index in [4.69, 9.17) is 11.6 Å². The summed E-state index contributed by atoms with van der Waals surface area (Å²) in [6.45, 7) is 3.13. The van der Waals surface area contributed by atoms with E-state index in [1.807, 2.05) is 36.0 Å². The van der Waals surface area contributed by atoms with E-state index in [0.29, 0.717) is 10.7 Å². The van der Waals surface area contributed by atoms with Crippen molar-refractivity contribution < 1.29 is 9.18 Å². The molecule has 1 amide bonds. The Labute approximate surface area is 150 Å². The van der Waals surface area contributed by atoms with Crippen LogP contribution in [0.25, 0.3) is 0 Å². The van der Waals surface area contributed by atoms with Crippen LogP contribution in [0.1, 0.15) is 15.9 Å². The van der Waals surface area contributed by atoms with Crippen molar-refractivity contribution in [3.05, 3.63) is 64.4 Å². The highest BCUT2D eigenvalue weighted by molar-refractivity contribution is 7.99. The lowest BCUT2D eigenvalue weighted by molar-refractivity contribution is 0.102. The maximum Gasteiger partial charge on any atom is 0.258 e. The smallest absolute Gasteiger partial charge is 0.258 e. The van der Waals surface area contributed by atoms with Crippen LogP contribution in [-0.2, 0) is 6.54 Å². The fourth-order valence-electron chi connectivity index (χ4n) is 2.58. The van der Waals surface area contributed by atoms with E-state index in [-0.39, 0.29) is 5.56 Å². The zero-order chi connectivity index (χ0) is 16.9. The molecule has 1 aliphatic rings. The van der Waals surface area contributed by atoms with Crippen LogP contribution in [0.3, 0.4) is 0 Å². The highest BCUT2D eigenvalue weighted by atomic mass is 35.5. The van der Waals surface area contributed by atoms with Crippen molar-refractivity contribution >= 4 is 35.0 Å². The molecule has 1 aliphatic heterocycles. The second-order valence-electron chi connectivity index (χ2n) is 5.66. The second-order valence-corrected chi connectivity index (χ2v) is 7.32. The molecular weight excluding hydrogens is 347 g/mol. The van der Waals surface area contributed by atoms with E-state index in [0.717, 1.165) is 19.6 Å². The van der Waals surface area contributed by atoms with Gasteiger partial charge in [0.25, 0.3) is 5.91 Å². The number of thioether (sulfide) groups is 1. The molecule has 2 aromatic carbocycles. The van der Waals surface area contributed by atoms with Gasteiger partial charge in [-0.15, -0.1) is 0 Å². The lowest BCUT2D eigenvalue weighted by atomic mass is 10.1. The Hall–Kier alpha value is -1.56.